The highest BCUT2D eigenvalue weighted by Gasteiger charge is 2.25. The van der Waals surface area contributed by atoms with Gasteiger partial charge in [0, 0.05) is 19.0 Å². The number of aliphatic imine (C=N–C) groups is 1. The van der Waals surface area contributed by atoms with Crippen molar-refractivity contribution in [3.63, 3.8) is 0 Å². The number of ether oxygens (including phenoxy) is 2. The van der Waals surface area contributed by atoms with Crippen LogP contribution in [0.15, 0.2) is 23.2 Å². The summed E-state index contributed by atoms with van der Waals surface area (Å²) in [6.07, 6.45) is 2.92. The van der Waals surface area contributed by atoms with Crippen LogP contribution in [-0.2, 0) is 6.54 Å². The second-order valence-corrected chi connectivity index (χ2v) is 6.02. The number of guanidine groups is 1. The number of aliphatic hydroxyl groups excluding tert-OH is 1. The number of benzene rings is 1. The lowest BCUT2D eigenvalue weighted by molar-refractivity contribution is 0.134. The van der Waals surface area contributed by atoms with Gasteiger partial charge < -0.3 is 25.2 Å². The van der Waals surface area contributed by atoms with E-state index in [1.165, 1.54) is 0 Å². The summed E-state index contributed by atoms with van der Waals surface area (Å²) in [7, 11) is 0. The molecule has 0 bridgehead atoms. The number of hydrogen-bond donors (Lipinski definition) is 3. The first-order chi connectivity index (χ1) is 11.3. The Morgan fingerprint density at radius 2 is 2.08 bits per heavy atom. The summed E-state index contributed by atoms with van der Waals surface area (Å²) in [4.78, 5) is 4.61. The predicted octanol–water partition coefficient (Wildman–Crippen LogP) is 2.25. The molecule has 2 unspecified atom stereocenters. The third-order valence-electron chi connectivity index (χ3n) is 4.35. The molecular formula is C17H26IN3O3. The molecule has 0 saturated heterocycles. The van der Waals surface area contributed by atoms with Crippen LogP contribution in [0.4, 0.5) is 0 Å². The van der Waals surface area contributed by atoms with E-state index >= 15 is 0 Å². The lowest BCUT2D eigenvalue weighted by atomic mass is 10.1. The van der Waals surface area contributed by atoms with Crippen molar-refractivity contribution in [2.24, 2.45) is 10.9 Å². The van der Waals surface area contributed by atoms with Crippen LogP contribution in [0, 0.1) is 5.92 Å². The summed E-state index contributed by atoms with van der Waals surface area (Å²) < 4.78 is 10.7. The van der Waals surface area contributed by atoms with Crippen molar-refractivity contribution in [3.05, 3.63) is 23.8 Å². The second kappa shape index (κ2) is 9.31. The Kier molecular flexibility index (Phi) is 7.41. The summed E-state index contributed by atoms with van der Waals surface area (Å²) >= 11 is 0. The fourth-order valence-electron chi connectivity index (χ4n) is 3.03. The van der Waals surface area contributed by atoms with Gasteiger partial charge in [-0.25, -0.2) is 4.99 Å². The number of fused-ring (bicyclic) bond motifs is 1. The molecule has 7 heteroatoms. The summed E-state index contributed by atoms with van der Waals surface area (Å²) in [5.74, 6) is 2.68. The molecule has 1 saturated carbocycles. The van der Waals surface area contributed by atoms with Gasteiger partial charge in [0.15, 0.2) is 17.5 Å². The number of halogens is 1. The molecule has 0 radical (unpaired) electrons. The highest BCUT2D eigenvalue weighted by molar-refractivity contribution is 14.0. The van der Waals surface area contributed by atoms with E-state index in [4.69, 9.17) is 9.47 Å². The number of nitrogens with zero attached hydrogens (tertiary/aromatic N) is 1. The van der Waals surface area contributed by atoms with Gasteiger partial charge in [0.05, 0.1) is 12.6 Å². The molecule has 0 spiro atoms. The highest BCUT2D eigenvalue weighted by Crippen LogP contribution is 2.32. The molecule has 0 aromatic heterocycles. The Morgan fingerprint density at radius 3 is 2.83 bits per heavy atom. The van der Waals surface area contributed by atoms with E-state index in [9.17, 15) is 5.11 Å². The van der Waals surface area contributed by atoms with Gasteiger partial charge in [-0.2, -0.15) is 0 Å². The average molecular weight is 447 g/mol. The van der Waals surface area contributed by atoms with Crippen LogP contribution in [0.25, 0.3) is 0 Å². The van der Waals surface area contributed by atoms with E-state index in [0.29, 0.717) is 12.5 Å². The Labute approximate surface area is 160 Å². The maximum absolute atomic E-state index is 9.90. The molecule has 1 aliphatic heterocycles. The first kappa shape index (κ1) is 19.1. The third kappa shape index (κ3) is 4.89. The van der Waals surface area contributed by atoms with Crippen molar-refractivity contribution in [1.29, 1.82) is 0 Å². The first-order valence-corrected chi connectivity index (χ1v) is 8.35. The summed E-state index contributed by atoms with van der Waals surface area (Å²) in [6, 6.07) is 5.89. The van der Waals surface area contributed by atoms with Crippen molar-refractivity contribution in [2.45, 2.75) is 38.8 Å². The van der Waals surface area contributed by atoms with Crippen molar-refractivity contribution in [2.75, 3.05) is 19.9 Å². The zero-order valence-corrected chi connectivity index (χ0v) is 16.3. The zero-order valence-electron chi connectivity index (χ0n) is 14.0. The Hall–Kier alpha value is -1.22. The van der Waals surface area contributed by atoms with Crippen LogP contribution < -0.4 is 20.1 Å². The topological polar surface area (TPSA) is 75.1 Å². The van der Waals surface area contributed by atoms with E-state index < -0.39 is 0 Å². The van der Waals surface area contributed by atoms with E-state index in [2.05, 4.69) is 15.6 Å². The molecule has 134 valence electrons. The van der Waals surface area contributed by atoms with Crippen LogP contribution in [0.5, 0.6) is 11.5 Å². The van der Waals surface area contributed by atoms with Gasteiger partial charge in [-0.15, -0.1) is 24.0 Å². The van der Waals surface area contributed by atoms with Crippen molar-refractivity contribution in [1.82, 2.24) is 10.6 Å². The van der Waals surface area contributed by atoms with Gasteiger partial charge in [-0.1, -0.05) is 12.5 Å². The molecule has 24 heavy (non-hydrogen) atoms. The molecule has 2 aliphatic rings. The summed E-state index contributed by atoms with van der Waals surface area (Å²) in [5, 5.41) is 16.5. The summed E-state index contributed by atoms with van der Waals surface area (Å²) in [5.41, 5.74) is 1.08. The Bertz CT molecular complexity index is 568. The van der Waals surface area contributed by atoms with Crippen LogP contribution >= 0.6 is 24.0 Å². The maximum atomic E-state index is 9.90. The molecule has 1 aromatic carbocycles. The van der Waals surface area contributed by atoms with Crippen LogP contribution in [-0.4, -0.2) is 37.1 Å². The molecule has 1 heterocycles. The minimum Gasteiger partial charge on any atom is -0.454 e. The number of rotatable bonds is 5. The third-order valence-corrected chi connectivity index (χ3v) is 4.35. The number of aliphatic hydroxyl groups is 1. The Morgan fingerprint density at radius 1 is 1.25 bits per heavy atom. The van der Waals surface area contributed by atoms with Crippen LogP contribution in [0.2, 0.25) is 0 Å². The van der Waals surface area contributed by atoms with Gasteiger partial charge in [0.25, 0.3) is 0 Å². The van der Waals surface area contributed by atoms with E-state index in [1.54, 1.807) is 0 Å². The monoisotopic (exact) mass is 447 g/mol. The molecule has 1 aliphatic carbocycles. The fourth-order valence-corrected chi connectivity index (χ4v) is 3.03. The van der Waals surface area contributed by atoms with Gasteiger partial charge in [0.1, 0.15) is 0 Å². The van der Waals surface area contributed by atoms with E-state index in [1.807, 2.05) is 25.1 Å². The molecule has 0 amide bonds. The fraction of sp³-hybridized carbons (Fsp3) is 0.588. The van der Waals surface area contributed by atoms with Crippen LogP contribution in [0.3, 0.4) is 0 Å². The molecule has 3 rings (SSSR count). The second-order valence-electron chi connectivity index (χ2n) is 6.02. The molecule has 2 atom stereocenters. The van der Waals surface area contributed by atoms with E-state index in [-0.39, 0.29) is 36.9 Å². The first-order valence-electron chi connectivity index (χ1n) is 8.35. The van der Waals surface area contributed by atoms with Crippen molar-refractivity contribution < 1.29 is 14.6 Å². The smallest absolute Gasteiger partial charge is 0.231 e. The standard InChI is InChI=1S/C17H25N3O3.HI/c1-2-18-17(20-10-13-4-3-5-14(13)21)19-9-12-6-7-15-16(8-12)23-11-22-15;/h6-8,13-14,21H,2-5,9-11H2,1H3,(H2,18,19,20);1H. The summed E-state index contributed by atoms with van der Waals surface area (Å²) in [6.45, 7) is 4.46. The lowest BCUT2D eigenvalue weighted by Crippen LogP contribution is -2.41. The average Bonchev–Trinajstić information content (AvgIpc) is 3.18. The molecule has 1 fully saturated rings. The molecule has 6 nitrogen and oxygen atoms in total. The zero-order chi connectivity index (χ0) is 16.1. The molecular weight excluding hydrogens is 421 g/mol. The molecule has 3 N–H and O–H groups in total. The maximum Gasteiger partial charge on any atom is 0.231 e. The van der Waals surface area contributed by atoms with Gasteiger partial charge in [0.2, 0.25) is 6.79 Å². The van der Waals surface area contributed by atoms with E-state index in [0.717, 1.165) is 55.4 Å². The molecule has 1 aromatic rings. The highest BCUT2D eigenvalue weighted by atomic mass is 127. The van der Waals surface area contributed by atoms with Gasteiger partial charge in [-0.05, 0) is 37.5 Å². The van der Waals surface area contributed by atoms with Gasteiger partial charge >= 0.3 is 0 Å². The SMILES string of the molecule is CCNC(=NCc1ccc2c(c1)OCO2)NCC1CCCC1O.I. The largest absolute Gasteiger partial charge is 0.454 e. The minimum atomic E-state index is -0.181. The van der Waals surface area contributed by atoms with Gasteiger partial charge in [-0.3, -0.25) is 0 Å². The van der Waals surface area contributed by atoms with Crippen molar-refractivity contribution in [3.8, 4) is 11.5 Å². The quantitative estimate of drug-likeness (QED) is 0.367. The number of hydrogen-bond acceptors (Lipinski definition) is 4. The lowest BCUT2D eigenvalue weighted by Gasteiger charge is -2.17. The number of nitrogens with one attached hydrogen (secondary N) is 2. The Balaban J connectivity index is 0.00000208. The normalized spacial score (nSPS) is 22.2. The van der Waals surface area contributed by atoms with Crippen LogP contribution in [0.1, 0.15) is 31.7 Å². The minimum absolute atomic E-state index is 0. The van der Waals surface area contributed by atoms with Crippen molar-refractivity contribution >= 4 is 29.9 Å². The predicted molar refractivity (Wildman–Crippen MR) is 104 cm³/mol.